The number of hydrogen-bond donors (Lipinski definition) is 1. The van der Waals surface area contributed by atoms with Gasteiger partial charge in [0.1, 0.15) is 0 Å². The van der Waals surface area contributed by atoms with Crippen molar-refractivity contribution < 1.29 is 5.11 Å². The summed E-state index contributed by atoms with van der Waals surface area (Å²) in [6.45, 7) is 5.57. The second kappa shape index (κ2) is 4.63. The summed E-state index contributed by atoms with van der Waals surface area (Å²) in [5.74, 6) is 0.392. The van der Waals surface area contributed by atoms with Crippen LogP contribution in [0, 0.1) is 0 Å². The molecule has 1 N–H and O–H groups in total. The summed E-state index contributed by atoms with van der Waals surface area (Å²) in [6, 6.07) is 9.56. The molecule has 0 aliphatic carbocycles. The Morgan fingerprint density at radius 1 is 1.43 bits per heavy atom. The first-order valence-corrected chi connectivity index (χ1v) is 5.10. The summed E-state index contributed by atoms with van der Waals surface area (Å²) in [5.41, 5.74) is 0.875. The fraction of sp³-hybridized carbons (Fsp3) is 0.333. The molecule has 1 atom stereocenters. The lowest BCUT2D eigenvalue weighted by Gasteiger charge is -2.24. The van der Waals surface area contributed by atoms with Gasteiger partial charge in [-0.25, -0.2) is 0 Å². The van der Waals surface area contributed by atoms with Gasteiger partial charge in [-0.3, -0.25) is 0 Å². The molecule has 1 aromatic rings. The topological polar surface area (TPSA) is 20.2 Å². The second-order valence-corrected chi connectivity index (χ2v) is 3.97. The summed E-state index contributed by atoms with van der Waals surface area (Å²) in [5, 5.41) is 10.2. The Morgan fingerprint density at radius 2 is 2.00 bits per heavy atom. The third-order valence-electron chi connectivity index (χ3n) is 2.18. The van der Waals surface area contributed by atoms with Crippen LogP contribution < -0.4 is 0 Å². The number of benzene rings is 1. The molecule has 0 spiro atoms. The van der Waals surface area contributed by atoms with Crippen LogP contribution in [-0.4, -0.2) is 11.0 Å². The molecule has 1 rings (SSSR count). The monoisotopic (exact) mass is 210 g/mol. The summed E-state index contributed by atoms with van der Waals surface area (Å²) >= 11 is 5.63. The van der Waals surface area contributed by atoms with Crippen molar-refractivity contribution >= 4 is 11.6 Å². The van der Waals surface area contributed by atoms with Gasteiger partial charge in [0.2, 0.25) is 0 Å². The fourth-order valence-electron chi connectivity index (χ4n) is 1.43. The summed E-state index contributed by atoms with van der Waals surface area (Å²) in [7, 11) is 0. The lowest BCUT2D eigenvalue weighted by atomic mass is 9.90. The maximum atomic E-state index is 10.2. The van der Waals surface area contributed by atoms with E-state index in [1.807, 2.05) is 30.3 Å². The van der Waals surface area contributed by atoms with Crippen molar-refractivity contribution in [1.82, 2.24) is 0 Å². The van der Waals surface area contributed by atoms with E-state index in [-0.39, 0.29) is 0 Å². The smallest absolute Gasteiger partial charge is 0.0905 e. The van der Waals surface area contributed by atoms with Crippen LogP contribution in [0.5, 0.6) is 0 Å². The van der Waals surface area contributed by atoms with E-state index in [9.17, 15) is 5.11 Å². The molecule has 0 fully saturated rings. The average Bonchev–Trinajstić information content (AvgIpc) is 2.18. The molecule has 1 aromatic carbocycles. The van der Waals surface area contributed by atoms with Crippen molar-refractivity contribution in [3.63, 3.8) is 0 Å². The van der Waals surface area contributed by atoms with Crippen LogP contribution >= 0.6 is 11.6 Å². The highest BCUT2D eigenvalue weighted by Gasteiger charge is 2.23. The van der Waals surface area contributed by atoms with Gasteiger partial charge in [0.05, 0.1) is 5.60 Å². The highest BCUT2D eigenvalue weighted by atomic mass is 35.5. The SMILES string of the molecule is C=C(CCl)CC(C)(O)c1ccccc1. The van der Waals surface area contributed by atoms with E-state index in [4.69, 9.17) is 11.6 Å². The van der Waals surface area contributed by atoms with Gasteiger partial charge in [-0.2, -0.15) is 0 Å². The van der Waals surface area contributed by atoms with Crippen molar-refractivity contribution in [3.8, 4) is 0 Å². The van der Waals surface area contributed by atoms with E-state index in [0.29, 0.717) is 12.3 Å². The van der Waals surface area contributed by atoms with Gasteiger partial charge in [0, 0.05) is 12.3 Å². The van der Waals surface area contributed by atoms with E-state index < -0.39 is 5.60 Å². The van der Waals surface area contributed by atoms with Crippen LogP contribution in [0.15, 0.2) is 42.5 Å². The molecule has 0 aliphatic heterocycles. The molecule has 0 radical (unpaired) electrons. The van der Waals surface area contributed by atoms with Crippen LogP contribution in [-0.2, 0) is 5.60 Å². The zero-order valence-corrected chi connectivity index (χ0v) is 9.09. The second-order valence-electron chi connectivity index (χ2n) is 3.70. The molecule has 14 heavy (non-hydrogen) atoms. The molecule has 1 nitrogen and oxygen atoms in total. The largest absolute Gasteiger partial charge is 0.385 e. The molecular weight excluding hydrogens is 196 g/mol. The Kier molecular flexibility index (Phi) is 3.73. The molecular formula is C12H15ClO. The van der Waals surface area contributed by atoms with Gasteiger partial charge in [-0.05, 0) is 12.5 Å². The number of rotatable bonds is 4. The zero-order chi connectivity index (χ0) is 10.6. The number of halogens is 1. The molecule has 0 saturated heterocycles. The first-order valence-electron chi connectivity index (χ1n) is 4.57. The van der Waals surface area contributed by atoms with Gasteiger partial charge in [-0.1, -0.05) is 42.5 Å². The summed E-state index contributed by atoms with van der Waals surface area (Å²) < 4.78 is 0. The third kappa shape index (κ3) is 2.86. The minimum Gasteiger partial charge on any atom is -0.385 e. The van der Waals surface area contributed by atoms with Crippen LogP contribution in [0.4, 0.5) is 0 Å². The first kappa shape index (κ1) is 11.3. The van der Waals surface area contributed by atoms with Crippen molar-refractivity contribution in [3.05, 3.63) is 48.0 Å². The minimum absolute atomic E-state index is 0.392. The van der Waals surface area contributed by atoms with Gasteiger partial charge >= 0.3 is 0 Å². The molecule has 0 bridgehead atoms. The average molecular weight is 211 g/mol. The highest BCUT2D eigenvalue weighted by molar-refractivity contribution is 6.19. The Morgan fingerprint density at radius 3 is 2.50 bits per heavy atom. The van der Waals surface area contributed by atoms with Crippen molar-refractivity contribution in [2.24, 2.45) is 0 Å². The van der Waals surface area contributed by atoms with Crippen molar-refractivity contribution in [1.29, 1.82) is 0 Å². The predicted octanol–water partition coefficient (Wildman–Crippen LogP) is 3.08. The fourth-order valence-corrected chi connectivity index (χ4v) is 1.53. The van der Waals surface area contributed by atoms with Crippen LogP contribution in [0.25, 0.3) is 0 Å². The van der Waals surface area contributed by atoms with Gasteiger partial charge in [0.25, 0.3) is 0 Å². The summed E-state index contributed by atoms with van der Waals surface area (Å²) in [4.78, 5) is 0. The standard InChI is InChI=1S/C12H15ClO/c1-10(9-13)8-12(2,14)11-6-4-3-5-7-11/h3-7,14H,1,8-9H2,2H3. The first-order chi connectivity index (χ1) is 6.56. The van der Waals surface area contributed by atoms with Gasteiger partial charge < -0.3 is 5.11 Å². The van der Waals surface area contributed by atoms with Crippen LogP contribution in [0.2, 0.25) is 0 Å². The normalized spacial score (nSPS) is 14.8. The van der Waals surface area contributed by atoms with E-state index in [1.54, 1.807) is 6.92 Å². The zero-order valence-electron chi connectivity index (χ0n) is 8.33. The lowest BCUT2D eigenvalue weighted by molar-refractivity contribution is 0.0579. The molecule has 1 unspecified atom stereocenters. The van der Waals surface area contributed by atoms with Crippen molar-refractivity contribution in [2.45, 2.75) is 18.9 Å². The van der Waals surface area contributed by atoms with Gasteiger partial charge in [0.15, 0.2) is 0 Å². The van der Waals surface area contributed by atoms with Crippen LogP contribution in [0.1, 0.15) is 18.9 Å². The molecule has 0 saturated carbocycles. The Balaban J connectivity index is 2.80. The molecule has 0 aromatic heterocycles. The summed E-state index contributed by atoms with van der Waals surface area (Å²) in [6.07, 6.45) is 0.501. The molecule has 0 amide bonds. The molecule has 0 heterocycles. The van der Waals surface area contributed by atoms with E-state index in [1.165, 1.54) is 0 Å². The molecule has 76 valence electrons. The minimum atomic E-state index is -0.868. The van der Waals surface area contributed by atoms with E-state index in [0.717, 1.165) is 11.1 Å². The Labute approximate surface area is 90.0 Å². The molecule has 0 aliphatic rings. The maximum Gasteiger partial charge on any atom is 0.0905 e. The van der Waals surface area contributed by atoms with Crippen LogP contribution in [0.3, 0.4) is 0 Å². The maximum absolute atomic E-state index is 10.2. The lowest BCUT2D eigenvalue weighted by Crippen LogP contribution is -2.21. The van der Waals surface area contributed by atoms with Gasteiger partial charge in [-0.15, -0.1) is 11.6 Å². The number of aliphatic hydroxyl groups is 1. The Hall–Kier alpha value is -0.790. The predicted molar refractivity (Wildman–Crippen MR) is 60.5 cm³/mol. The van der Waals surface area contributed by atoms with E-state index >= 15 is 0 Å². The highest BCUT2D eigenvalue weighted by Crippen LogP contribution is 2.27. The molecule has 2 heteroatoms. The quantitative estimate of drug-likeness (QED) is 0.598. The number of alkyl halides is 1. The van der Waals surface area contributed by atoms with E-state index in [2.05, 4.69) is 6.58 Å². The Bertz CT molecular complexity index is 303. The van der Waals surface area contributed by atoms with Crippen molar-refractivity contribution in [2.75, 3.05) is 5.88 Å². The third-order valence-corrected chi connectivity index (χ3v) is 2.56. The number of hydrogen-bond acceptors (Lipinski definition) is 1.